The average Bonchev–Trinajstić information content (AvgIpc) is 2.14. The number of carbonyl (C=O) groups is 2. The number of nitrogens with zero attached hydrogens (tertiary/aromatic N) is 1. The van der Waals surface area contributed by atoms with Crippen molar-refractivity contribution >= 4 is 19.8 Å². The minimum atomic E-state index is -4.40. The van der Waals surface area contributed by atoms with Crippen LogP contribution in [0, 0.1) is 0 Å². The molecule has 0 fully saturated rings. The minimum Gasteiger partial charge on any atom is -0.462 e. The Bertz CT molecular complexity index is 1780. The molecule has 0 aliphatic carbocycles. The third-order valence-electron chi connectivity index (χ3n) is 17.8. The van der Waals surface area contributed by atoms with Crippen molar-refractivity contribution < 1.29 is 42.1 Å². The molecule has 0 aliphatic rings. The monoisotopic (exact) mass is 1310 g/mol. The van der Waals surface area contributed by atoms with E-state index in [0.29, 0.717) is 23.9 Å². The van der Waals surface area contributed by atoms with E-state index in [-0.39, 0.29) is 25.6 Å². The molecule has 0 aromatic rings. The average molecular weight is 1310 g/mol. The molecule has 92 heavy (non-hydrogen) atoms. The molecule has 0 amide bonds. The molecule has 0 heterocycles. The Morgan fingerprint density at radius 3 is 0.924 bits per heavy atom. The lowest BCUT2D eigenvalue weighted by Gasteiger charge is -2.24. The van der Waals surface area contributed by atoms with Gasteiger partial charge in [0.2, 0.25) is 0 Å². The number of carbonyl (C=O) groups excluding carboxylic acids is 2. The fraction of sp³-hybridized carbons (Fsp3) is 0.829. The van der Waals surface area contributed by atoms with Crippen molar-refractivity contribution in [2.24, 2.45) is 0 Å². The molecular weight excluding hydrogens is 1160 g/mol. The van der Waals surface area contributed by atoms with Crippen LogP contribution in [0.3, 0.4) is 0 Å². The fourth-order valence-electron chi connectivity index (χ4n) is 11.7. The molecule has 0 saturated carbocycles. The number of allylic oxidation sites excluding steroid dienone is 12. The van der Waals surface area contributed by atoms with Crippen LogP contribution in [0.25, 0.3) is 0 Å². The van der Waals surface area contributed by atoms with Gasteiger partial charge in [-0.3, -0.25) is 18.6 Å². The summed E-state index contributed by atoms with van der Waals surface area (Å²) < 4.78 is 34.8. The first-order valence-electron chi connectivity index (χ1n) is 39.7. The molecule has 538 valence electrons. The van der Waals surface area contributed by atoms with Crippen LogP contribution in [0.5, 0.6) is 0 Å². The quantitative estimate of drug-likeness (QED) is 0.0211. The summed E-state index contributed by atoms with van der Waals surface area (Å²) in [6.45, 7) is 4.38. The molecule has 1 N–H and O–H groups in total. The first-order chi connectivity index (χ1) is 45.0. The minimum absolute atomic E-state index is 0.0311. The molecule has 0 rings (SSSR count). The van der Waals surface area contributed by atoms with Gasteiger partial charge in [0.25, 0.3) is 0 Å². The van der Waals surface area contributed by atoms with E-state index in [1.165, 1.54) is 276 Å². The number of phosphoric ester groups is 1. The number of ether oxygens (including phenoxy) is 2. The molecule has 0 saturated heterocycles. The van der Waals surface area contributed by atoms with Crippen LogP contribution in [-0.4, -0.2) is 74.9 Å². The van der Waals surface area contributed by atoms with Crippen molar-refractivity contribution in [1.82, 2.24) is 0 Å². The van der Waals surface area contributed by atoms with Crippen LogP contribution in [0.4, 0.5) is 0 Å². The number of hydrogen-bond donors (Lipinski definition) is 1. The molecule has 0 aromatic heterocycles. The third-order valence-corrected chi connectivity index (χ3v) is 18.7. The largest absolute Gasteiger partial charge is 0.472 e. The summed E-state index contributed by atoms with van der Waals surface area (Å²) in [6.07, 6.45) is 99.1. The zero-order valence-electron chi connectivity index (χ0n) is 61.5. The SMILES string of the molecule is CC/C=C\C/C=C\C/C=C\C/C=C\C/C=C\C/C=C\CCCCCCCCCCCCCCC(=O)OC(COC(=O)CCCCCCCCCCCCCCCCCCCCCCCCCCCCCCCCCCCCCCC)COP(=O)(O)OCC[N+](C)(C)C. The van der Waals surface area contributed by atoms with E-state index in [0.717, 1.165) is 77.0 Å². The van der Waals surface area contributed by atoms with Crippen molar-refractivity contribution in [1.29, 1.82) is 0 Å². The normalized spacial score (nSPS) is 13.4. The smallest absolute Gasteiger partial charge is 0.462 e. The summed E-state index contributed by atoms with van der Waals surface area (Å²) in [6, 6.07) is 0. The molecule has 0 spiro atoms. The summed E-state index contributed by atoms with van der Waals surface area (Å²) in [5.41, 5.74) is 0. The Balaban J connectivity index is 3.93. The maximum absolute atomic E-state index is 12.9. The van der Waals surface area contributed by atoms with Crippen molar-refractivity contribution in [2.45, 2.75) is 392 Å². The van der Waals surface area contributed by atoms with Gasteiger partial charge in [-0.1, -0.05) is 382 Å². The zero-order chi connectivity index (χ0) is 66.9. The molecule has 0 aliphatic heterocycles. The van der Waals surface area contributed by atoms with Crippen molar-refractivity contribution in [2.75, 3.05) is 47.5 Å². The summed E-state index contributed by atoms with van der Waals surface area (Å²) in [5, 5.41) is 0. The molecular formula is C82H153NO8P+. The molecule has 0 bridgehead atoms. The first-order valence-corrected chi connectivity index (χ1v) is 41.2. The Morgan fingerprint density at radius 1 is 0.348 bits per heavy atom. The van der Waals surface area contributed by atoms with E-state index in [1.54, 1.807) is 0 Å². The number of esters is 2. The highest BCUT2D eigenvalue weighted by Crippen LogP contribution is 2.43. The Morgan fingerprint density at radius 2 is 0.620 bits per heavy atom. The zero-order valence-corrected chi connectivity index (χ0v) is 62.4. The number of unbranched alkanes of at least 4 members (excludes halogenated alkanes) is 48. The van der Waals surface area contributed by atoms with E-state index < -0.39 is 26.5 Å². The highest BCUT2D eigenvalue weighted by atomic mass is 31.2. The maximum Gasteiger partial charge on any atom is 0.472 e. The summed E-state index contributed by atoms with van der Waals surface area (Å²) >= 11 is 0. The van der Waals surface area contributed by atoms with Crippen molar-refractivity contribution in [3.05, 3.63) is 72.9 Å². The van der Waals surface area contributed by atoms with Gasteiger partial charge in [-0.15, -0.1) is 0 Å². The highest BCUT2D eigenvalue weighted by Gasteiger charge is 2.27. The van der Waals surface area contributed by atoms with E-state index in [1.807, 2.05) is 21.1 Å². The number of quaternary nitrogens is 1. The van der Waals surface area contributed by atoms with Crippen molar-refractivity contribution in [3.63, 3.8) is 0 Å². The Kier molecular flexibility index (Phi) is 70.7. The summed E-state index contributed by atoms with van der Waals surface area (Å²) in [4.78, 5) is 36.0. The first kappa shape index (κ1) is 89.5. The second-order valence-electron chi connectivity index (χ2n) is 28.1. The predicted octanol–water partition coefficient (Wildman–Crippen LogP) is 26.3. The third kappa shape index (κ3) is 76.5. The highest BCUT2D eigenvalue weighted by molar-refractivity contribution is 7.47. The van der Waals surface area contributed by atoms with Crippen molar-refractivity contribution in [3.8, 4) is 0 Å². The lowest BCUT2D eigenvalue weighted by molar-refractivity contribution is -0.870. The molecule has 10 heteroatoms. The van der Waals surface area contributed by atoms with Gasteiger partial charge in [-0.05, 0) is 64.2 Å². The Hall–Kier alpha value is -2.55. The number of rotatable bonds is 74. The van der Waals surface area contributed by atoms with Gasteiger partial charge in [0.15, 0.2) is 6.10 Å². The standard InChI is InChI=1S/C82H152NO8P/c1-6-8-10-12-14-16-18-20-22-24-26-28-30-32-34-36-38-39-40-41-42-43-45-46-48-50-52-54-56-58-60-62-64-66-68-70-72-74-81(84)88-78-80(79-90-92(86,87)89-77-76-83(3,4)5)91-82(85)75-73-71-69-67-65-63-61-59-57-55-53-51-49-47-44-37-35-33-31-29-27-25-23-21-19-17-15-13-11-9-7-2/h9,11,15,17,21,23,27,29,33,35,44,47,80H,6-8,10,12-14,16,18-20,22,24-26,28,30-32,34,36-43,45-46,48-79H2,1-5H3/p+1/b11-9-,17-15-,23-21-,29-27-,35-33-,47-44-. The lowest BCUT2D eigenvalue weighted by Crippen LogP contribution is -2.37. The maximum atomic E-state index is 12.9. The van der Waals surface area contributed by atoms with Crippen LogP contribution in [0.2, 0.25) is 0 Å². The molecule has 0 aromatic carbocycles. The molecule has 2 unspecified atom stereocenters. The predicted molar refractivity (Wildman–Crippen MR) is 399 cm³/mol. The van der Waals surface area contributed by atoms with Crippen LogP contribution < -0.4 is 0 Å². The van der Waals surface area contributed by atoms with Gasteiger partial charge in [-0.2, -0.15) is 0 Å². The van der Waals surface area contributed by atoms with Crippen LogP contribution >= 0.6 is 7.82 Å². The Labute approximate surface area is 571 Å². The second kappa shape index (κ2) is 72.7. The fourth-order valence-corrected chi connectivity index (χ4v) is 12.5. The molecule has 0 radical (unpaired) electrons. The van der Waals surface area contributed by atoms with Gasteiger partial charge in [0.05, 0.1) is 27.7 Å². The van der Waals surface area contributed by atoms with Gasteiger partial charge in [-0.25, -0.2) is 4.57 Å². The van der Waals surface area contributed by atoms with E-state index in [2.05, 4.69) is 86.8 Å². The van der Waals surface area contributed by atoms with Crippen LogP contribution in [0.1, 0.15) is 386 Å². The number of phosphoric acid groups is 1. The summed E-state index contributed by atoms with van der Waals surface area (Å²) in [5.74, 6) is -0.783. The van der Waals surface area contributed by atoms with Gasteiger partial charge >= 0.3 is 19.8 Å². The van der Waals surface area contributed by atoms with Crippen LogP contribution in [-0.2, 0) is 32.7 Å². The summed E-state index contributed by atoms with van der Waals surface area (Å²) in [7, 11) is 1.49. The lowest BCUT2D eigenvalue weighted by atomic mass is 10.0. The number of hydrogen-bond acceptors (Lipinski definition) is 7. The van der Waals surface area contributed by atoms with Gasteiger partial charge < -0.3 is 18.9 Å². The topological polar surface area (TPSA) is 108 Å². The van der Waals surface area contributed by atoms with E-state index in [9.17, 15) is 19.0 Å². The van der Waals surface area contributed by atoms with Crippen LogP contribution in [0.15, 0.2) is 72.9 Å². The molecule has 2 atom stereocenters. The van der Waals surface area contributed by atoms with Gasteiger partial charge in [0, 0.05) is 12.8 Å². The number of likely N-dealkylation sites (N-methyl/N-ethyl adjacent to an activating group) is 1. The van der Waals surface area contributed by atoms with E-state index in [4.69, 9.17) is 18.5 Å². The van der Waals surface area contributed by atoms with Gasteiger partial charge in [0.1, 0.15) is 19.8 Å². The van der Waals surface area contributed by atoms with E-state index >= 15 is 0 Å². The molecule has 9 nitrogen and oxygen atoms in total. The second-order valence-corrected chi connectivity index (χ2v) is 29.5.